The molecule has 3 N–H and O–H groups in total. The number of amides is 1. The number of carbonyl (C=O) groups excluding carboxylic acids is 1. The second kappa shape index (κ2) is 5.92. The van der Waals surface area contributed by atoms with E-state index in [1.54, 1.807) is 12.1 Å². The third-order valence-electron chi connectivity index (χ3n) is 2.60. The molecule has 0 saturated carbocycles. The molecular formula is C14H12BrFN2O2. The Balaban J connectivity index is 2.28. The number of hydrogen-bond acceptors (Lipinski definition) is 3. The summed E-state index contributed by atoms with van der Waals surface area (Å²) in [6, 6.07) is 8.91. The molecule has 0 atom stereocenters. The fraction of sp³-hybridized carbons (Fsp3) is 0.0714. The molecule has 0 aliphatic carbocycles. The van der Waals surface area contributed by atoms with E-state index in [1.165, 1.54) is 31.4 Å². The van der Waals surface area contributed by atoms with Gasteiger partial charge >= 0.3 is 0 Å². The Labute approximate surface area is 123 Å². The first-order valence-corrected chi connectivity index (χ1v) is 6.50. The first-order chi connectivity index (χ1) is 9.49. The molecule has 2 aromatic rings. The quantitative estimate of drug-likeness (QED) is 0.842. The second-order valence-electron chi connectivity index (χ2n) is 4.07. The Hall–Kier alpha value is -2.08. The van der Waals surface area contributed by atoms with Crippen LogP contribution in [0.15, 0.2) is 40.9 Å². The van der Waals surface area contributed by atoms with E-state index in [0.29, 0.717) is 21.5 Å². The summed E-state index contributed by atoms with van der Waals surface area (Å²) in [5, 5.41) is 2.49. The number of carbonyl (C=O) groups is 1. The van der Waals surface area contributed by atoms with E-state index in [4.69, 9.17) is 10.5 Å². The smallest absolute Gasteiger partial charge is 0.255 e. The van der Waals surface area contributed by atoms with Crippen LogP contribution in [0.5, 0.6) is 5.75 Å². The van der Waals surface area contributed by atoms with Crippen molar-refractivity contribution >= 4 is 33.2 Å². The van der Waals surface area contributed by atoms with Crippen LogP contribution >= 0.6 is 15.9 Å². The molecule has 0 aliphatic heterocycles. The number of benzene rings is 2. The van der Waals surface area contributed by atoms with Crippen molar-refractivity contribution in [3.63, 3.8) is 0 Å². The fourth-order valence-electron chi connectivity index (χ4n) is 1.66. The number of hydrogen-bond donors (Lipinski definition) is 2. The van der Waals surface area contributed by atoms with Gasteiger partial charge in [0.2, 0.25) is 0 Å². The Morgan fingerprint density at radius 3 is 2.75 bits per heavy atom. The van der Waals surface area contributed by atoms with Gasteiger partial charge < -0.3 is 15.8 Å². The Bertz CT molecular complexity index is 662. The van der Waals surface area contributed by atoms with Crippen LogP contribution in [0.3, 0.4) is 0 Å². The molecule has 20 heavy (non-hydrogen) atoms. The number of nitrogens with two attached hydrogens (primary N) is 1. The van der Waals surface area contributed by atoms with Crippen LogP contribution in [0, 0.1) is 5.82 Å². The van der Waals surface area contributed by atoms with Crippen molar-refractivity contribution in [2.24, 2.45) is 0 Å². The average molecular weight is 339 g/mol. The van der Waals surface area contributed by atoms with E-state index < -0.39 is 11.7 Å². The zero-order chi connectivity index (χ0) is 14.7. The van der Waals surface area contributed by atoms with Gasteiger partial charge in [-0.2, -0.15) is 0 Å². The lowest BCUT2D eigenvalue weighted by atomic mass is 10.1. The maximum Gasteiger partial charge on any atom is 0.255 e. The summed E-state index contributed by atoms with van der Waals surface area (Å²) in [7, 11) is 1.48. The van der Waals surface area contributed by atoms with Crippen LogP contribution in [-0.2, 0) is 0 Å². The molecule has 0 spiro atoms. The monoisotopic (exact) mass is 338 g/mol. The predicted octanol–water partition coefficient (Wildman–Crippen LogP) is 3.43. The van der Waals surface area contributed by atoms with Crippen LogP contribution in [0.1, 0.15) is 10.4 Å². The summed E-state index contributed by atoms with van der Waals surface area (Å²) in [6.45, 7) is 0. The molecule has 2 rings (SSSR count). The standard InChI is InChI=1S/C14H12BrFN2O2/c1-20-11-5-8(4-10(17)7-11)14(19)18-13-6-9(15)2-3-12(13)16/h2-7H,17H2,1H3,(H,18,19). The van der Waals surface area contributed by atoms with E-state index in [-0.39, 0.29) is 5.69 Å². The maximum absolute atomic E-state index is 13.6. The zero-order valence-electron chi connectivity index (χ0n) is 10.6. The van der Waals surface area contributed by atoms with Gasteiger partial charge in [0.1, 0.15) is 11.6 Å². The minimum Gasteiger partial charge on any atom is -0.497 e. The average Bonchev–Trinajstić information content (AvgIpc) is 2.42. The first-order valence-electron chi connectivity index (χ1n) is 5.70. The van der Waals surface area contributed by atoms with Crippen LogP contribution in [0.4, 0.5) is 15.8 Å². The fourth-order valence-corrected chi connectivity index (χ4v) is 2.02. The molecule has 0 saturated heterocycles. The topological polar surface area (TPSA) is 64.3 Å². The number of ether oxygens (including phenoxy) is 1. The Kier molecular flexibility index (Phi) is 4.24. The number of nitrogens with one attached hydrogen (secondary N) is 1. The molecule has 0 aromatic heterocycles. The highest BCUT2D eigenvalue weighted by Gasteiger charge is 2.11. The molecule has 0 bridgehead atoms. The number of nitrogen functional groups attached to an aromatic ring is 1. The van der Waals surface area contributed by atoms with Gasteiger partial charge in [-0.25, -0.2) is 4.39 Å². The molecular weight excluding hydrogens is 327 g/mol. The molecule has 0 fully saturated rings. The minimum atomic E-state index is -0.516. The van der Waals surface area contributed by atoms with Crippen molar-refractivity contribution in [3.05, 3.63) is 52.3 Å². The van der Waals surface area contributed by atoms with Crippen molar-refractivity contribution < 1.29 is 13.9 Å². The summed E-state index contributed by atoms with van der Waals surface area (Å²) in [6.07, 6.45) is 0. The highest BCUT2D eigenvalue weighted by Crippen LogP contribution is 2.23. The number of rotatable bonds is 3. The van der Waals surface area contributed by atoms with Gasteiger partial charge in [0.15, 0.2) is 0 Å². The maximum atomic E-state index is 13.6. The van der Waals surface area contributed by atoms with E-state index in [1.807, 2.05) is 0 Å². The van der Waals surface area contributed by atoms with Gasteiger partial charge in [0.25, 0.3) is 5.91 Å². The van der Waals surface area contributed by atoms with Crippen LogP contribution in [0.2, 0.25) is 0 Å². The highest BCUT2D eigenvalue weighted by molar-refractivity contribution is 9.10. The molecule has 0 aliphatic rings. The number of anilines is 2. The molecule has 4 nitrogen and oxygen atoms in total. The van der Waals surface area contributed by atoms with E-state index in [0.717, 1.165) is 0 Å². The Morgan fingerprint density at radius 2 is 2.05 bits per heavy atom. The van der Waals surface area contributed by atoms with Gasteiger partial charge in [-0.05, 0) is 30.3 Å². The number of halogens is 2. The van der Waals surface area contributed by atoms with Crippen LogP contribution in [0.25, 0.3) is 0 Å². The Morgan fingerprint density at radius 1 is 1.30 bits per heavy atom. The lowest BCUT2D eigenvalue weighted by Crippen LogP contribution is -2.13. The van der Waals surface area contributed by atoms with Gasteiger partial charge in [-0.3, -0.25) is 4.79 Å². The normalized spacial score (nSPS) is 10.2. The number of methoxy groups -OCH3 is 1. The molecule has 0 radical (unpaired) electrons. The lowest BCUT2D eigenvalue weighted by Gasteiger charge is -2.09. The summed E-state index contributed by atoms with van der Waals surface area (Å²) in [4.78, 5) is 12.1. The zero-order valence-corrected chi connectivity index (χ0v) is 12.2. The summed E-state index contributed by atoms with van der Waals surface area (Å²) in [5.74, 6) is -0.519. The molecule has 0 heterocycles. The van der Waals surface area contributed by atoms with E-state index in [9.17, 15) is 9.18 Å². The van der Waals surface area contributed by atoms with Crippen molar-refractivity contribution in [2.45, 2.75) is 0 Å². The molecule has 2 aromatic carbocycles. The highest BCUT2D eigenvalue weighted by atomic mass is 79.9. The van der Waals surface area contributed by atoms with Crippen LogP contribution < -0.4 is 15.8 Å². The van der Waals surface area contributed by atoms with Crippen molar-refractivity contribution in [1.82, 2.24) is 0 Å². The summed E-state index contributed by atoms with van der Waals surface area (Å²) >= 11 is 3.22. The van der Waals surface area contributed by atoms with Crippen molar-refractivity contribution in [1.29, 1.82) is 0 Å². The largest absolute Gasteiger partial charge is 0.497 e. The third-order valence-corrected chi connectivity index (χ3v) is 3.10. The predicted molar refractivity (Wildman–Crippen MR) is 79.5 cm³/mol. The molecule has 6 heteroatoms. The van der Waals surface area contributed by atoms with Crippen molar-refractivity contribution in [2.75, 3.05) is 18.2 Å². The molecule has 0 unspecified atom stereocenters. The van der Waals surface area contributed by atoms with Gasteiger partial charge in [-0.1, -0.05) is 15.9 Å². The van der Waals surface area contributed by atoms with Gasteiger partial charge in [-0.15, -0.1) is 0 Å². The van der Waals surface area contributed by atoms with Crippen molar-refractivity contribution in [3.8, 4) is 5.75 Å². The van der Waals surface area contributed by atoms with E-state index >= 15 is 0 Å². The summed E-state index contributed by atoms with van der Waals surface area (Å²) in [5.41, 5.74) is 6.45. The SMILES string of the molecule is COc1cc(N)cc(C(=O)Nc2cc(Br)ccc2F)c1. The molecule has 104 valence electrons. The first kappa shape index (κ1) is 14.3. The van der Waals surface area contributed by atoms with Gasteiger partial charge in [0.05, 0.1) is 12.8 Å². The second-order valence-corrected chi connectivity index (χ2v) is 4.99. The third kappa shape index (κ3) is 3.27. The van der Waals surface area contributed by atoms with Crippen LogP contribution in [-0.4, -0.2) is 13.0 Å². The van der Waals surface area contributed by atoms with E-state index in [2.05, 4.69) is 21.2 Å². The molecule has 1 amide bonds. The minimum absolute atomic E-state index is 0.0887. The lowest BCUT2D eigenvalue weighted by molar-refractivity contribution is 0.102. The van der Waals surface area contributed by atoms with Gasteiger partial charge in [0, 0.05) is 21.8 Å². The summed E-state index contributed by atoms with van der Waals surface area (Å²) < 4.78 is 19.3.